The van der Waals surface area contributed by atoms with Crippen LogP contribution in [0.5, 0.6) is 5.75 Å². The Morgan fingerprint density at radius 1 is 0.962 bits per heavy atom. The Balaban J connectivity index is 1.25. The zero-order chi connectivity index (χ0) is 36.5. The summed E-state index contributed by atoms with van der Waals surface area (Å²) in [6, 6.07) is 11.9. The maximum Gasteiger partial charge on any atom is 0.264 e. The maximum absolute atomic E-state index is 13.6. The maximum atomic E-state index is 13.6. The summed E-state index contributed by atoms with van der Waals surface area (Å²) in [7, 11) is -2.08. The fourth-order valence-corrected chi connectivity index (χ4v) is 10.8. The normalized spacial score (nSPS) is 32.4. The number of carbonyl (C=O) groups excluding carboxylic acids is 1. The summed E-state index contributed by atoms with van der Waals surface area (Å²) in [5, 5.41) is -0.0446. The molecule has 6 atom stereocenters. The molecule has 1 amide bonds. The van der Waals surface area contributed by atoms with Crippen molar-refractivity contribution in [3.8, 4) is 5.75 Å². The van der Waals surface area contributed by atoms with E-state index in [0.717, 1.165) is 87.6 Å². The van der Waals surface area contributed by atoms with Crippen LogP contribution in [0, 0.1) is 17.8 Å². The molecule has 2 saturated heterocycles. The molecule has 1 saturated carbocycles. The van der Waals surface area contributed by atoms with E-state index in [2.05, 4.69) is 31.6 Å². The molecular formula is C41H57ClN4O5S. The molecule has 0 radical (unpaired) electrons. The standard InChI is InChI=1S/C41H57ClN4O5S/c1-29-9-8-18-41(50-3,28-44-21-22-45-19-7-5-11-36(45)26-44)37-16-13-33(37)25-46-20-6-4-10-31-23-35(42)15-12-34(31)27-51-39-17-14-32(24-38(39)46)40(47)43-52(48,49)30(29)2/h8,12,14-15,17-18,23-24,29-30,33,36-37H,4-7,9-11,13,16,19-22,25-28H2,1-3H3,(H,43,47)/b18-8+/t29-,30+,33-,36-,37+,41-/m0/s1. The van der Waals surface area contributed by atoms with Crippen molar-refractivity contribution in [2.24, 2.45) is 17.8 Å². The van der Waals surface area contributed by atoms with Crippen LogP contribution in [0.3, 0.4) is 0 Å². The number of amides is 1. The van der Waals surface area contributed by atoms with Crippen LogP contribution in [0.15, 0.2) is 48.6 Å². The number of aryl methyl sites for hydroxylation is 1. The first-order chi connectivity index (χ1) is 25.0. The largest absolute Gasteiger partial charge is 0.487 e. The molecule has 11 heteroatoms. The van der Waals surface area contributed by atoms with Gasteiger partial charge in [0, 0.05) is 63.0 Å². The lowest BCUT2D eigenvalue weighted by Crippen LogP contribution is -2.61. The number of sulfonamides is 1. The van der Waals surface area contributed by atoms with Gasteiger partial charge in [0.15, 0.2) is 0 Å². The van der Waals surface area contributed by atoms with Gasteiger partial charge in [0.2, 0.25) is 10.0 Å². The van der Waals surface area contributed by atoms with Gasteiger partial charge >= 0.3 is 0 Å². The molecule has 1 aliphatic carbocycles. The number of carbonyl (C=O) groups is 1. The molecule has 2 bridgehead atoms. The van der Waals surface area contributed by atoms with Gasteiger partial charge in [-0.1, -0.05) is 43.2 Å². The minimum absolute atomic E-state index is 0.207. The quantitative estimate of drug-likeness (QED) is 0.347. The highest BCUT2D eigenvalue weighted by molar-refractivity contribution is 7.90. The Labute approximate surface area is 316 Å². The van der Waals surface area contributed by atoms with E-state index in [1.165, 1.54) is 31.4 Å². The van der Waals surface area contributed by atoms with Crippen molar-refractivity contribution in [3.63, 3.8) is 0 Å². The molecule has 3 fully saturated rings. The molecule has 0 unspecified atom stereocenters. The summed E-state index contributed by atoms with van der Waals surface area (Å²) in [4.78, 5) is 21.3. The Hall–Kier alpha value is -2.63. The zero-order valence-electron chi connectivity index (χ0n) is 31.2. The number of methoxy groups -OCH3 is 1. The number of anilines is 1. The first-order valence-corrected chi connectivity index (χ1v) is 21.5. The molecule has 4 heterocycles. The Bertz CT molecular complexity index is 1740. The van der Waals surface area contributed by atoms with Gasteiger partial charge in [-0.15, -0.1) is 0 Å². The van der Waals surface area contributed by atoms with E-state index in [1.54, 1.807) is 13.0 Å². The van der Waals surface area contributed by atoms with E-state index >= 15 is 0 Å². The average Bonchev–Trinajstić information content (AvgIpc) is 3.15. The minimum Gasteiger partial charge on any atom is -0.487 e. The van der Waals surface area contributed by atoms with Crippen LogP contribution in [0.25, 0.3) is 0 Å². The van der Waals surface area contributed by atoms with Crippen molar-refractivity contribution in [3.05, 3.63) is 70.3 Å². The van der Waals surface area contributed by atoms with Crippen LogP contribution in [0.4, 0.5) is 5.69 Å². The van der Waals surface area contributed by atoms with Crippen molar-refractivity contribution in [2.75, 3.05) is 57.8 Å². The second kappa shape index (κ2) is 16.0. The van der Waals surface area contributed by atoms with Gasteiger partial charge in [-0.2, -0.15) is 0 Å². The van der Waals surface area contributed by atoms with Crippen LogP contribution >= 0.6 is 11.6 Å². The third-order valence-electron chi connectivity index (χ3n) is 12.9. The average molecular weight is 753 g/mol. The number of hydrogen-bond donors (Lipinski definition) is 1. The number of hydrogen-bond acceptors (Lipinski definition) is 8. The Kier molecular flexibility index (Phi) is 11.6. The van der Waals surface area contributed by atoms with Crippen LogP contribution in [0.2, 0.25) is 5.02 Å². The number of rotatable bonds is 3. The van der Waals surface area contributed by atoms with Crippen molar-refractivity contribution in [1.82, 2.24) is 14.5 Å². The van der Waals surface area contributed by atoms with E-state index in [1.807, 2.05) is 44.4 Å². The van der Waals surface area contributed by atoms with E-state index in [0.29, 0.717) is 42.2 Å². The fraction of sp³-hybridized carbons (Fsp3) is 0.634. The summed E-state index contributed by atoms with van der Waals surface area (Å²) in [6.45, 7) is 10.8. The van der Waals surface area contributed by atoms with Gasteiger partial charge < -0.3 is 14.4 Å². The van der Waals surface area contributed by atoms with E-state index in [4.69, 9.17) is 21.1 Å². The number of fused-ring (bicyclic) bond motifs is 4. The zero-order valence-corrected chi connectivity index (χ0v) is 32.8. The van der Waals surface area contributed by atoms with Crippen molar-refractivity contribution in [1.29, 1.82) is 0 Å². The summed E-state index contributed by atoms with van der Waals surface area (Å²) < 4.78 is 42.9. The van der Waals surface area contributed by atoms with Crippen molar-refractivity contribution < 1.29 is 22.7 Å². The second-order valence-electron chi connectivity index (χ2n) is 16.1. The van der Waals surface area contributed by atoms with Crippen LogP contribution in [-0.2, 0) is 27.8 Å². The number of benzene rings is 2. The van der Waals surface area contributed by atoms with E-state index in [-0.39, 0.29) is 5.92 Å². The SMILES string of the molecule is CO[C@]1(CN2CCN3CCCC[C@H]3C2)/C=C/C[C@H](C)[C@@H](C)S(=O)(=O)NC(=O)c2ccc3c(c2)N(CCCCc2cc(Cl)ccc2CO3)C[C@@H]2CC[C@H]21. The van der Waals surface area contributed by atoms with Gasteiger partial charge in [-0.05, 0) is 124 Å². The molecule has 7 rings (SSSR count). The smallest absolute Gasteiger partial charge is 0.264 e. The van der Waals surface area contributed by atoms with E-state index < -0.39 is 26.8 Å². The van der Waals surface area contributed by atoms with Crippen LogP contribution in [0.1, 0.15) is 86.7 Å². The third kappa shape index (κ3) is 8.07. The molecule has 1 N–H and O–H groups in total. The van der Waals surface area contributed by atoms with Crippen LogP contribution in [-0.4, -0.2) is 93.9 Å². The van der Waals surface area contributed by atoms with Crippen molar-refractivity contribution >= 4 is 33.2 Å². The molecule has 5 aliphatic rings. The molecule has 52 heavy (non-hydrogen) atoms. The molecule has 0 spiro atoms. The highest BCUT2D eigenvalue weighted by Crippen LogP contribution is 2.47. The highest BCUT2D eigenvalue weighted by atomic mass is 35.5. The Morgan fingerprint density at radius 2 is 1.81 bits per heavy atom. The van der Waals surface area contributed by atoms with Gasteiger partial charge in [0.25, 0.3) is 5.91 Å². The van der Waals surface area contributed by atoms with Gasteiger partial charge in [0.1, 0.15) is 18.0 Å². The molecule has 9 nitrogen and oxygen atoms in total. The number of nitrogens with one attached hydrogen (secondary N) is 1. The molecule has 4 aliphatic heterocycles. The summed E-state index contributed by atoms with van der Waals surface area (Å²) in [5.74, 6) is 0.529. The predicted octanol–water partition coefficient (Wildman–Crippen LogP) is 6.69. The molecule has 284 valence electrons. The second-order valence-corrected chi connectivity index (χ2v) is 18.6. The van der Waals surface area contributed by atoms with Crippen LogP contribution < -0.4 is 14.4 Å². The van der Waals surface area contributed by atoms with E-state index in [9.17, 15) is 13.2 Å². The lowest BCUT2D eigenvalue weighted by molar-refractivity contribution is -0.1000. The third-order valence-corrected chi connectivity index (χ3v) is 15.1. The Morgan fingerprint density at radius 3 is 2.62 bits per heavy atom. The molecule has 2 aromatic carbocycles. The number of halogens is 1. The number of ether oxygens (including phenoxy) is 2. The van der Waals surface area contributed by atoms with Gasteiger partial charge in [-0.3, -0.25) is 14.6 Å². The summed E-state index contributed by atoms with van der Waals surface area (Å²) in [6.07, 6.45) is 13.9. The molecule has 2 aromatic rings. The minimum atomic E-state index is -3.95. The highest BCUT2D eigenvalue weighted by Gasteiger charge is 2.49. The lowest BCUT2D eigenvalue weighted by atomic mass is 9.63. The summed E-state index contributed by atoms with van der Waals surface area (Å²) >= 11 is 6.41. The predicted molar refractivity (Wildman–Crippen MR) is 208 cm³/mol. The number of piperidine rings is 1. The topological polar surface area (TPSA) is 91.4 Å². The monoisotopic (exact) mass is 752 g/mol. The van der Waals surface area contributed by atoms with Gasteiger partial charge in [0.05, 0.1) is 10.9 Å². The lowest BCUT2D eigenvalue weighted by Gasteiger charge is -2.53. The number of allylic oxidation sites excluding steroid dienone is 1. The van der Waals surface area contributed by atoms with Crippen molar-refractivity contribution in [2.45, 2.75) is 95.1 Å². The summed E-state index contributed by atoms with van der Waals surface area (Å²) in [5.41, 5.74) is 2.93. The van der Waals surface area contributed by atoms with Gasteiger partial charge in [-0.25, -0.2) is 13.1 Å². The molecule has 0 aromatic heterocycles. The number of nitrogens with zero attached hydrogens (tertiary/aromatic N) is 3. The number of piperazine rings is 1. The fourth-order valence-electron chi connectivity index (χ4n) is 9.35. The first kappa shape index (κ1) is 37.7. The molecular weight excluding hydrogens is 696 g/mol. The first-order valence-electron chi connectivity index (χ1n) is 19.6.